The molecule has 1 aliphatic carbocycles. The molecule has 4 N–H and O–H groups in total. The molecule has 2 unspecified atom stereocenters. The number of benzene rings is 3. The summed E-state index contributed by atoms with van der Waals surface area (Å²) >= 11 is 0. The topological polar surface area (TPSA) is 101 Å². The maximum atomic E-state index is 12.7. The van der Waals surface area contributed by atoms with Crippen LogP contribution < -0.4 is 10.2 Å². The predicted molar refractivity (Wildman–Crippen MR) is 168 cm³/mol. The Morgan fingerprint density at radius 3 is 2.69 bits per heavy atom. The van der Waals surface area contributed by atoms with Crippen molar-refractivity contribution in [2.75, 3.05) is 33.7 Å². The third kappa shape index (κ3) is 7.42. The van der Waals surface area contributed by atoms with Gasteiger partial charge in [-0.15, -0.1) is 0 Å². The summed E-state index contributed by atoms with van der Waals surface area (Å²) in [7, 11) is 2.77. The minimum Gasteiger partial charge on any atom is -0.361 e. The van der Waals surface area contributed by atoms with E-state index in [4.69, 9.17) is 5.21 Å². The second-order valence-corrected chi connectivity index (χ2v) is 12.3. The Morgan fingerprint density at radius 1 is 1.10 bits per heavy atom. The molecule has 0 radical (unpaired) electrons. The first-order chi connectivity index (χ1) is 20.4. The summed E-state index contributed by atoms with van der Waals surface area (Å²) in [4.78, 5) is 20.2. The lowest BCUT2D eigenvalue weighted by atomic mass is 10.0. The highest BCUT2D eigenvalue weighted by Gasteiger charge is 2.28. The molecular formula is C33H39N5O3S. The number of nitrogens with one attached hydrogen (secondary N) is 3. The minimum atomic E-state index is -1.24. The van der Waals surface area contributed by atoms with Crippen LogP contribution in [0.1, 0.15) is 40.3 Å². The van der Waals surface area contributed by atoms with Crippen molar-refractivity contribution in [1.82, 2.24) is 25.0 Å². The molecule has 2 atom stereocenters. The molecule has 3 aromatic carbocycles. The molecule has 5 rings (SSSR count). The average molecular weight is 586 g/mol. The fraction of sp³-hybridized carbons (Fsp3) is 0.303. The zero-order chi connectivity index (χ0) is 29.5. The summed E-state index contributed by atoms with van der Waals surface area (Å²) in [6.45, 7) is 3.17. The first kappa shape index (κ1) is 29.9. The number of aryl methyl sites for hydroxylation is 1. The summed E-state index contributed by atoms with van der Waals surface area (Å²) in [5.41, 5.74) is 8.83. The van der Waals surface area contributed by atoms with E-state index in [1.807, 2.05) is 32.3 Å². The number of hydrogen-bond donors (Lipinski definition) is 4. The molecule has 42 heavy (non-hydrogen) atoms. The van der Waals surface area contributed by atoms with Crippen molar-refractivity contribution in [3.05, 3.63) is 107 Å². The highest BCUT2D eigenvalue weighted by atomic mass is 32.2. The quantitative estimate of drug-likeness (QED) is 0.104. The zero-order valence-electron chi connectivity index (χ0n) is 24.2. The molecule has 0 saturated carbocycles. The summed E-state index contributed by atoms with van der Waals surface area (Å²) in [5.74, 6) is -0.545. The fourth-order valence-electron chi connectivity index (χ4n) is 5.65. The van der Waals surface area contributed by atoms with Gasteiger partial charge in [0, 0.05) is 55.4 Å². The van der Waals surface area contributed by atoms with E-state index in [1.165, 1.54) is 33.7 Å². The number of carbonyl (C=O) groups excluding carboxylic acids is 1. The van der Waals surface area contributed by atoms with Crippen LogP contribution in [0.15, 0.2) is 83.9 Å². The summed E-state index contributed by atoms with van der Waals surface area (Å²) < 4.78 is 15.8. The monoisotopic (exact) mass is 585 g/mol. The number of rotatable bonds is 13. The molecule has 0 aliphatic heterocycles. The van der Waals surface area contributed by atoms with Crippen LogP contribution in [-0.4, -0.2) is 63.8 Å². The van der Waals surface area contributed by atoms with Gasteiger partial charge in [0.15, 0.2) is 0 Å². The van der Waals surface area contributed by atoms with Gasteiger partial charge in [-0.1, -0.05) is 48.5 Å². The molecular weight excluding hydrogens is 546 g/mol. The predicted octanol–water partition coefficient (Wildman–Crippen LogP) is 4.59. The standard InChI is InChI=1S/C33H39N5O3S/c1-37(2)20-18-35-42(41)28-12-7-25(8-13-28)23-38(19-17-27-22-34-31-6-4-3-5-29(27)31)32-15-11-26-21-24(9-14-30(26)32)10-16-33(39)36-40/h3-10,12-14,16,21-22,32,34-35,40H,11,15,17-20,23H2,1-2H3,(H,36,39)/b16-10+. The minimum absolute atomic E-state index is 0.269. The van der Waals surface area contributed by atoms with Crippen molar-refractivity contribution in [3.8, 4) is 0 Å². The third-order valence-electron chi connectivity index (χ3n) is 7.85. The molecule has 0 bridgehead atoms. The van der Waals surface area contributed by atoms with Gasteiger partial charge in [0.1, 0.15) is 11.0 Å². The molecule has 8 nitrogen and oxygen atoms in total. The van der Waals surface area contributed by atoms with Crippen LogP contribution in [0.25, 0.3) is 17.0 Å². The maximum absolute atomic E-state index is 12.7. The number of carbonyl (C=O) groups is 1. The first-order valence-electron chi connectivity index (χ1n) is 14.3. The zero-order valence-corrected chi connectivity index (χ0v) is 25.0. The van der Waals surface area contributed by atoms with Gasteiger partial charge in [0.2, 0.25) is 0 Å². The van der Waals surface area contributed by atoms with E-state index in [0.717, 1.165) is 54.9 Å². The van der Waals surface area contributed by atoms with Crippen LogP contribution in [0.4, 0.5) is 0 Å². The normalized spacial score (nSPS) is 15.6. The van der Waals surface area contributed by atoms with Crippen molar-refractivity contribution in [2.24, 2.45) is 0 Å². The van der Waals surface area contributed by atoms with Gasteiger partial charge in [-0.2, -0.15) is 0 Å². The lowest BCUT2D eigenvalue weighted by molar-refractivity contribution is -0.124. The van der Waals surface area contributed by atoms with Crippen LogP contribution in [0.2, 0.25) is 0 Å². The number of H-pyrrole nitrogens is 1. The molecule has 4 aromatic rings. The average Bonchev–Trinajstić information content (AvgIpc) is 3.62. The molecule has 9 heteroatoms. The Bertz CT molecular complexity index is 1560. The van der Waals surface area contributed by atoms with Crippen molar-refractivity contribution < 1.29 is 14.2 Å². The molecule has 220 valence electrons. The highest BCUT2D eigenvalue weighted by Crippen LogP contribution is 2.37. The number of para-hydroxylation sites is 1. The second kappa shape index (κ2) is 14.0. The number of hydrogen-bond acceptors (Lipinski definition) is 5. The summed E-state index contributed by atoms with van der Waals surface area (Å²) in [5, 5.41) is 10.0. The number of hydroxylamine groups is 1. The van der Waals surface area contributed by atoms with Crippen molar-refractivity contribution in [1.29, 1.82) is 0 Å². The molecule has 1 aromatic heterocycles. The van der Waals surface area contributed by atoms with Crippen LogP contribution in [-0.2, 0) is 35.2 Å². The van der Waals surface area contributed by atoms with E-state index in [1.54, 1.807) is 11.6 Å². The van der Waals surface area contributed by atoms with Crippen LogP contribution in [0.3, 0.4) is 0 Å². The Hall–Kier alpha value is -3.60. The van der Waals surface area contributed by atoms with Crippen molar-refractivity contribution >= 4 is 33.9 Å². The molecule has 0 fully saturated rings. The Kier molecular flexibility index (Phi) is 9.99. The van der Waals surface area contributed by atoms with Gasteiger partial charge in [0.25, 0.3) is 5.91 Å². The summed E-state index contributed by atoms with van der Waals surface area (Å²) in [6.07, 6.45) is 8.08. The van der Waals surface area contributed by atoms with Gasteiger partial charge in [-0.05, 0) is 85.5 Å². The van der Waals surface area contributed by atoms with E-state index >= 15 is 0 Å². The largest absolute Gasteiger partial charge is 0.361 e. The Balaban J connectivity index is 1.34. The maximum Gasteiger partial charge on any atom is 0.267 e. The van der Waals surface area contributed by atoms with Gasteiger partial charge >= 0.3 is 0 Å². The Morgan fingerprint density at radius 2 is 1.90 bits per heavy atom. The van der Waals surface area contributed by atoms with Crippen LogP contribution in [0, 0.1) is 0 Å². The van der Waals surface area contributed by atoms with Gasteiger partial charge < -0.3 is 9.88 Å². The molecule has 1 heterocycles. The number of nitrogens with zero attached hydrogens (tertiary/aromatic N) is 2. The molecule has 0 spiro atoms. The fourth-order valence-corrected chi connectivity index (χ4v) is 6.48. The number of fused-ring (bicyclic) bond motifs is 2. The van der Waals surface area contributed by atoms with E-state index in [2.05, 4.69) is 74.2 Å². The van der Waals surface area contributed by atoms with Crippen molar-refractivity contribution in [3.63, 3.8) is 0 Å². The molecule has 1 aliphatic rings. The van der Waals surface area contributed by atoms with Crippen LogP contribution in [0.5, 0.6) is 0 Å². The lowest BCUT2D eigenvalue weighted by Gasteiger charge is -2.30. The third-order valence-corrected chi connectivity index (χ3v) is 9.02. The van der Waals surface area contributed by atoms with Gasteiger partial charge in [-0.25, -0.2) is 14.4 Å². The Labute approximate surface area is 250 Å². The number of likely N-dealkylation sites (N-methyl/N-ethyl adjacent to an activating group) is 1. The number of amides is 1. The summed E-state index contributed by atoms with van der Waals surface area (Å²) in [6, 6.07) is 23.2. The number of aromatic nitrogens is 1. The van der Waals surface area contributed by atoms with Crippen LogP contribution >= 0.6 is 0 Å². The van der Waals surface area contributed by atoms with Gasteiger partial charge in [0.05, 0.1) is 4.90 Å². The van der Waals surface area contributed by atoms with E-state index in [9.17, 15) is 9.00 Å². The number of aromatic amines is 1. The first-order valence-corrected chi connectivity index (χ1v) is 15.5. The lowest BCUT2D eigenvalue weighted by Crippen LogP contribution is -2.29. The van der Waals surface area contributed by atoms with E-state index < -0.39 is 16.9 Å². The molecule has 1 amide bonds. The van der Waals surface area contributed by atoms with E-state index in [-0.39, 0.29) is 6.04 Å². The smallest absolute Gasteiger partial charge is 0.267 e. The van der Waals surface area contributed by atoms with Gasteiger partial charge in [-0.3, -0.25) is 14.9 Å². The second-order valence-electron chi connectivity index (χ2n) is 11.0. The molecule has 0 saturated heterocycles. The van der Waals surface area contributed by atoms with Crippen molar-refractivity contribution in [2.45, 2.75) is 36.7 Å². The SMILES string of the molecule is CN(C)CCNS(=O)c1ccc(CN(CCc2c[nH]c3ccccc23)C2CCc3cc(/C=C/C(=O)NO)ccc32)cc1. The van der Waals surface area contributed by atoms with E-state index in [0.29, 0.717) is 6.54 Å². The highest BCUT2D eigenvalue weighted by molar-refractivity contribution is 7.83.